The number of nitrogens with zero attached hydrogens (tertiary/aromatic N) is 4. The Kier molecular flexibility index (Phi) is 5.32. The smallest absolute Gasteiger partial charge is 0.274 e. The largest absolute Gasteiger partial charge is 0.494 e. The normalized spacial score (nSPS) is 17.9. The van der Waals surface area contributed by atoms with Crippen LogP contribution in [0.15, 0.2) is 18.2 Å². The van der Waals surface area contributed by atoms with Gasteiger partial charge >= 0.3 is 0 Å². The van der Waals surface area contributed by atoms with Gasteiger partial charge in [0, 0.05) is 37.7 Å². The van der Waals surface area contributed by atoms with E-state index in [0.29, 0.717) is 44.1 Å². The molecule has 2 aromatic rings. The predicted octanol–water partition coefficient (Wildman–Crippen LogP) is 1.87. The van der Waals surface area contributed by atoms with Crippen molar-refractivity contribution >= 4 is 5.91 Å². The summed E-state index contributed by atoms with van der Waals surface area (Å²) in [6.07, 6.45) is 1.57. The maximum absolute atomic E-state index is 14.2. The van der Waals surface area contributed by atoms with E-state index in [1.807, 2.05) is 4.90 Å². The number of hydrogen-bond acceptors (Lipinski definition) is 5. The Morgan fingerprint density at radius 2 is 2.11 bits per heavy atom. The molecule has 1 saturated heterocycles. The van der Waals surface area contributed by atoms with Crippen LogP contribution in [0.4, 0.5) is 4.39 Å². The van der Waals surface area contributed by atoms with Crippen LogP contribution < -0.4 is 4.74 Å². The number of methoxy groups -OCH3 is 1. The maximum Gasteiger partial charge on any atom is 0.274 e. The van der Waals surface area contributed by atoms with Gasteiger partial charge in [-0.1, -0.05) is 0 Å². The molecular formula is C20H25FN4O3. The fraction of sp³-hybridized carbons (Fsp3) is 0.500. The summed E-state index contributed by atoms with van der Waals surface area (Å²) in [6, 6.07) is 4.71. The number of carbonyl (C=O) groups excluding carboxylic acids is 1. The monoisotopic (exact) mass is 388 g/mol. The van der Waals surface area contributed by atoms with Gasteiger partial charge in [0.25, 0.3) is 5.91 Å². The van der Waals surface area contributed by atoms with Crippen LogP contribution in [-0.2, 0) is 17.8 Å². The molecular weight excluding hydrogens is 363 g/mol. The van der Waals surface area contributed by atoms with E-state index in [4.69, 9.17) is 9.47 Å². The first-order chi connectivity index (χ1) is 13.6. The van der Waals surface area contributed by atoms with E-state index in [1.165, 1.54) is 13.2 Å². The SMILES string of the molecule is COc1ccc(-n2nc(C(=O)N3CCCN(C)CC3)c3c2CCOC3)cc1F. The summed E-state index contributed by atoms with van der Waals surface area (Å²) in [5.74, 6) is -0.359. The lowest BCUT2D eigenvalue weighted by molar-refractivity contribution is 0.0743. The van der Waals surface area contributed by atoms with Crippen molar-refractivity contribution in [2.24, 2.45) is 0 Å². The summed E-state index contributed by atoms with van der Waals surface area (Å²) >= 11 is 0. The van der Waals surface area contributed by atoms with Crippen molar-refractivity contribution in [3.8, 4) is 11.4 Å². The van der Waals surface area contributed by atoms with Gasteiger partial charge in [0.2, 0.25) is 0 Å². The van der Waals surface area contributed by atoms with Crippen LogP contribution in [0.2, 0.25) is 0 Å². The number of hydrogen-bond donors (Lipinski definition) is 0. The highest BCUT2D eigenvalue weighted by Crippen LogP contribution is 2.27. The zero-order chi connectivity index (χ0) is 19.7. The Labute approximate surface area is 163 Å². The van der Waals surface area contributed by atoms with E-state index in [0.717, 1.165) is 30.8 Å². The third-order valence-electron chi connectivity index (χ3n) is 5.41. The number of rotatable bonds is 3. The molecule has 1 fully saturated rings. The van der Waals surface area contributed by atoms with Gasteiger partial charge in [-0.25, -0.2) is 9.07 Å². The quantitative estimate of drug-likeness (QED) is 0.804. The van der Waals surface area contributed by atoms with E-state index in [2.05, 4.69) is 17.0 Å². The van der Waals surface area contributed by atoms with Gasteiger partial charge in [0.15, 0.2) is 17.3 Å². The van der Waals surface area contributed by atoms with Crippen molar-refractivity contribution in [3.05, 3.63) is 41.0 Å². The summed E-state index contributed by atoms with van der Waals surface area (Å²) in [6.45, 7) is 4.11. The van der Waals surface area contributed by atoms with Crippen LogP contribution in [0.1, 0.15) is 28.2 Å². The summed E-state index contributed by atoms with van der Waals surface area (Å²) < 4.78 is 26.5. The number of aromatic nitrogens is 2. The minimum Gasteiger partial charge on any atom is -0.494 e. The van der Waals surface area contributed by atoms with Crippen molar-refractivity contribution < 1.29 is 18.7 Å². The summed E-state index contributed by atoms with van der Waals surface area (Å²) in [5, 5.41) is 4.61. The number of carbonyl (C=O) groups is 1. The van der Waals surface area contributed by atoms with E-state index < -0.39 is 5.82 Å². The second kappa shape index (κ2) is 7.89. The van der Waals surface area contributed by atoms with Gasteiger partial charge in [0.1, 0.15) is 0 Å². The molecule has 0 atom stereocenters. The van der Waals surface area contributed by atoms with Crippen molar-refractivity contribution in [1.82, 2.24) is 19.6 Å². The number of halogens is 1. The molecule has 8 heteroatoms. The zero-order valence-electron chi connectivity index (χ0n) is 16.3. The Hall–Kier alpha value is -2.45. The highest BCUT2D eigenvalue weighted by atomic mass is 19.1. The maximum atomic E-state index is 14.2. The second-order valence-electron chi connectivity index (χ2n) is 7.26. The van der Waals surface area contributed by atoms with Crippen LogP contribution >= 0.6 is 0 Å². The Morgan fingerprint density at radius 3 is 2.89 bits per heavy atom. The van der Waals surface area contributed by atoms with E-state index >= 15 is 0 Å². The first kappa shape index (κ1) is 18.9. The first-order valence-corrected chi connectivity index (χ1v) is 9.58. The summed E-state index contributed by atoms with van der Waals surface area (Å²) in [5.41, 5.74) is 2.71. The van der Waals surface area contributed by atoms with Gasteiger partial charge < -0.3 is 19.3 Å². The molecule has 4 rings (SSSR count). The lowest BCUT2D eigenvalue weighted by Crippen LogP contribution is -2.35. The standard InChI is InChI=1S/C20H25FN4O3/c1-23-7-3-8-24(10-9-23)20(26)19-15-13-28-11-6-17(15)25(22-19)14-4-5-18(27-2)16(21)12-14/h4-5,12H,3,6-11,13H2,1-2H3. The molecule has 0 aliphatic carbocycles. The van der Waals surface area contributed by atoms with Crippen molar-refractivity contribution in [3.63, 3.8) is 0 Å². The number of ether oxygens (including phenoxy) is 2. The molecule has 0 bridgehead atoms. The molecule has 1 aromatic carbocycles. The van der Waals surface area contributed by atoms with Crippen LogP contribution in [0.25, 0.3) is 5.69 Å². The van der Waals surface area contributed by atoms with Crippen molar-refractivity contribution in [1.29, 1.82) is 0 Å². The highest BCUT2D eigenvalue weighted by Gasteiger charge is 2.29. The van der Waals surface area contributed by atoms with E-state index in [1.54, 1.807) is 16.8 Å². The van der Waals surface area contributed by atoms with Gasteiger partial charge in [-0.3, -0.25) is 4.79 Å². The summed E-state index contributed by atoms with van der Waals surface area (Å²) in [4.78, 5) is 17.3. The fourth-order valence-electron chi connectivity index (χ4n) is 3.81. The number of benzene rings is 1. The summed E-state index contributed by atoms with van der Waals surface area (Å²) in [7, 11) is 3.50. The van der Waals surface area contributed by atoms with Crippen LogP contribution in [0, 0.1) is 5.82 Å². The molecule has 7 nitrogen and oxygen atoms in total. The molecule has 0 unspecified atom stereocenters. The van der Waals surface area contributed by atoms with Crippen LogP contribution in [0.5, 0.6) is 5.75 Å². The molecule has 1 aromatic heterocycles. The Morgan fingerprint density at radius 1 is 1.25 bits per heavy atom. The molecule has 3 heterocycles. The average molecular weight is 388 g/mol. The molecule has 2 aliphatic heterocycles. The van der Waals surface area contributed by atoms with Gasteiger partial charge in [0.05, 0.1) is 31.7 Å². The Balaban J connectivity index is 1.71. The fourth-order valence-corrected chi connectivity index (χ4v) is 3.81. The van der Waals surface area contributed by atoms with Crippen LogP contribution in [0.3, 0.4) is 0 Å². The van der Waals surface area contributed by atoms with Gasteiger partial charge in [-0.05, 0) is 32.1 Å². The van der Waals surface area contributed by atoms with Crippen molar-refractivity contribution in [2.75, 3.05) is 46.9 Å². The van der Waals surface area contributed by atoms with Crippen LogP contribution in [-0.4, -0.2) is 72.4 Å². The molecule has 0 spiro atoms. The van der Waals surface area contributed by atoms with Crippen molar-refractivity contribution in [2.45, 2.75) is 19.4 Å². The number of amides is 1. The lowest BCUT2D eigenvalue weighted by Gasteiger charge is -2.20. The minimum absolute atomic E-state index is 0.0789. The minimum atomic E-state index is -0.459. The zero-order valence-corrected chi connectivity index (χ0v) is 16.3. The Bertz CT molecular complexity index is 883. The third-order valence-corrected chi connectivity index (χ3v) is 5.41. The predicted molar refractivity (Wildman–Crippen MR) is 101 cm³/mol. The lowest BCUT2D eigenvalue weighted by atomic mass is 10.1. The van der Waals surface area contributed by atoms with Gasteiger partial charge in [-0.15, -0.1) is 0 Å². The second-order valence-corrected chi connectivity index (χ2v) is 7.26. The van der Waals surface area contributed by atoms with E-state index in [-0.39, 0.29) is 11.7 Å². The molecule has 0 saturated carbocycles. The van der Waals surface area contributed by atoms with E-state index in [9.17, 15) is 9.18 Å². The number of likely N-dealkylation sites (N-methyl/N-ethyl adjacent to an activating group) is 1. The molecule has 150 valence electrons. The topological polar surface area (TPSA) is 59.8 Å². The third kappa shape index (κ3) is 3.49. The molecule has 2 aliphatic rings. The number of fused-ring (bicyclic) bond motifs is 1. The molecule has 28 heavy (non-hydrogen) atoms. The first-order valence-electron chi connectivity index (χ1n) is 9.58. The molecule has 1 amide bonds. The van der Waals surface area contributed by atoms with Gasteiger partial charge in [-0.2, -0.15) is 5.10 Å². The average Bonchev–Trinajstić information content (AvgIpc) is 2.96. The molecule has 0 N–H and O–H groups in total. The molecule has 0 radical (unpaired) electrons. The highest BCUT2D eigenvalue weighted by molar-refractivity contribution is 5.94.